The fourth-order valence-corrected chi connectivity index (χ4v) is 2.19. The van der Waals surface area contributed by atoms with Crippen molar-refractivity contribution in [1.82, 2.24) is 0 Å². The van der Waals surface area contributed by atoms with Crippen molar-refractivity contribution in [2.75, 3.05) is 25.1 Å². The van der Waals surface area contributed by atoms with E-state index in [2.05, 4.69) is 5.32 Å². The van der Waals surface area contributed by atoms with Crippen LogP contribution in [0, 0.1) is 6.92 Å². The molecule has 0 aliphatic rings. The minimum Gasteiger partial charge on any atom is -0.490 e. The summed E-state index contributed by atoms with van der Waals surface area (Å²) in [5.41, 5.74) is 1.34. The van der Waals surface area contributed by atoms with Gasteiger partial charge in [-0.1, -0.05) is 12.1 Å². The van der Waals surface area contributed by atoms with Crippen LogP contribution in [0.15, 0.2) is 42.5 Å². The molecule has 2 aromatic carbocycles. The normalized spacial score (nSPS) is 10.1. The molecule has 2 rings (SSSR count). The van der Waals surface area contributed by atoms with E-state index in [0.29, 0.717) is 29.5 Å². The molecule has 0 unspecified atom stereocenters. The number of carbonyl (C=O) groups is 2. The first-order chi connectivity index (χ1) is 12.5. The summed E-state index contributed by atoms with van der Waals surface area (Å²) in [4.78, 5) is 22.6. The zero-order chi connectivity index (χ0) is 18.9. The molecular weight excluding hydrogens is 338 g/mol. The summed E-state index contributed by atoms with van der Waals surface area (Å²) in [7, 11) is 0. The molecule has 7 nitrogen and oxygen atoms in total. The molecule has 1 amide bonds. The topological polar surface area (TPSA) is 94.1 Å². The molecule has 2 aromatic rings. The van der Waals surface area contributed by atoms with Crippen LogP contribution in [0.25, 0.3) is 0 Å². The van der Waals surface area contributed by atoms with E-state index >= 15 is 0 Å². The number of aliphatic carboxylic acids is 1. The van der Waals surface area contributed by atoms with E-state index < -0.39 is 12.6 Å². The second-order valence-corrected chi connectivity index (χ2v) is 5.38. The summed E-state index contributed by atoms with van der Waals surface area (Å²) in [5.74, 6) is 0.130. The standard InChI is InChI=1S/C19H21NO6/c1-3-24-16-6-4-5-7-17(16)26-11-18(21)20-15-9-8-14(10-13(15)2)25-12-19(22)23/h4-10H,3,11-12H2,1-2H3,(H,20,21)(H,22,23). The molecule has 0 aliphatic heterocycles. The lowest BCUT2D eigenvalue weighted by Crippen LogP contribution is -2.21. The molecule has 0 aliphatic carbocycles. The maximum atomic E-state index is 12.1. The Morgan fingerprint density at radius 1 is 1.00 bits per heavy atom. The molecule has 2 N–H and O–H groups in total. The van der Waals surface area contributed by atoms with Crippen molar-refractivity contribution in [2.24, 2.45) is 0 Å². The number of carboxylic acid groups (broad SMARTS) is 1. The Hall–Kier alpha value is -3.22. The molecule has 7 heteroatoms. The van der Waals surface area contributed by atoms with Gasteiger partial charge in [-0.25, -0.2) is 4.79 Å². The van der Waals surface area contributed by atoms with Gasteiger partial charge in [0.25, 0.3) is 5.91 Å². The van der Waals surface area contributed by atoms with Gasteiger partial charge in [-0.15, -0.1) is 0 Å². The molecule has 138 valence electrons. The van der Waals surface area contributed by atoms with E-state index in [1.165, 1.54) is 0 Å². The predicted molar refractivity (Wildman–Crippen MR) is 96.0 cm³/mol. The highest BCUT2D eigenvalue weighted by atomic mass is 16.5. The summed E-state index contributed by atoms with van der Waals surface area (Å²) in [5, 5.41) is 11.4. The fraction of sp³-hybridized carbons (Fsp3) is 0.263. The number of carbonyl (C=O) groups excluding carboxylic acids is 1. The number of para-hydroxylation sites is 2. The average Bonchev–Trinajstić information content (AvgIpc) is 2.61. The van der Waals surface area contributed by atoms with Gasteiger partial charge in [0.2, 0.25) is 0 Å². The third-order valence-corrected chi connectivity index (χ3v) is 3.34. The Labute approximate surface area is 151 Å². The van der Waals surface area contributed by atoms with E-state index in [9.17, 15) is 9.59 Å². The van der Waals surface area contributed by atoms with Crippen molar-refractivity contribution in [3.8, 4) is 17.2 Å². The molecule has 0 bridgehead atoms. The van der Waals surface area contributed by atoms with Gasteiger partial charge in [-0.2, -0.15) is 0 Å². The second-order valence-electron chi connectivity index (χ2n) is 5.38. The Bertz CT molecular complexity index is 774. The Kier molecular flexibility index (Phi) is 6.84. The van der Waals surface area contributed by atoms with Crippen LogP contribution in [0.5, 0.6) is 17.2 Å². The van der Waals surface area contributed by atoms with E-state index in [-0.39, 0.29) is 12.5 Å². The van der Waals surface area contributed by atoms with E-state index in [1.807, 2.05) is 13.0 Å². The van der Waals surface area contributed by atoms with E-state index in [1.54, 1.807) is 43.3 Å². The average molecular weight is 359 g/mol. The first-order valence-corrected chi connectivity index (χ1v) is 8.09. The molecule has 0 aromatic heterocycles. The minimum absolute atomic E-state index is 0.166. The van der Waals surface area contributed by atoms with Crippen LogP contribution >= 0.6 is 0 Å². The van der Waals surface area contributed by atoms with Crippen molar-refractivity contribution < 1.29 is 28.9 Å². The third-order valence-electron chi connectivity index (χ3n) is 3.34. The van der Waals surface area contributed by atoms with Crippen LogP contribution in [0.2, 0.25) is 0 Å². The van der Waals surface area contributed by atoms with Gasteiger partial charge in [0.1, 0.15) is 5.75 Å². The quantitative estimate of drug-likeness (QED) is 0.715. The van der Waals surface area contributed by atoms with Crippen LogP contribution in [0.1, 0.15) is 12.5 Å². The van der Waals surface area contributed by atoms with Gasteiger partial charge in [0, 0.05) is 5.69 Å². The molecule has 0 radical (unpaired) electrons. The monoisotopic (exact) mass is 359 g/mol. The molecule has 0 saturated carbocycles. The van der Waals surface area contributed by atoms with Crippen LogP contribution in [-0.4, -0.2) is 36.8 Å². The van der Waals surface area contributed by atoms with Gasteiger partial charge < -0.3 is 24.6 Å². The van der Waals surface area contributed by atoms with Crippen molar-refractivity contribution in [3.63, 3.8) is 0 Å². The van der Waals surface area contributed by atoms with Gasteiger partial charge in [-0.05, 0) is 49.7 Å². The minimum atomic E-state index is -1.05. The largest absolute Gasteiger partial charge is 0.490 e. The van der Waals surface area contributed by atoms with Gasteiger partial charge in [0.15, 0.2) is 24.7 Å². The Morgan fingerprint density at radius 3 is 2.31 bits per heavy atom. The highest BCUT2D eigenvalue weighted by Gasteiger charge is 2.10. The highest BCUT2D eigenvalue weighted by molar-refractivity contribution is 5.92. The lowest BCUT2D eigenvalue weighted by atomic mass is 10.2. The smallest absolute Gasteiger partial charge is 0.341 e. The summed E-state index contributed by atoms with van der Waals surface area (Å²) < 4.78 is 16.1. The lowest BCUT2D eigenvalue weighted by molar-refractivity contribution is -0.139. The Morgan fingerprint density at radius 2 is 1.69 bits per heavy atom. The number of hydrogen-bond acceptors (Lipinski definition) is 5. The zero-order valence-electron chi connectivity index (χ0n) is 14.7. The molecule has 0 atom stereocenters. The first-order valence-electron chi connectivity index (χ1n) is 8.09. The van der Waals surface area contributed by atoms with Crippen LogP contribution < -0.4 is 19.5 Å². The summed E-state index contributed by atoms with van der Waals surface area (Å²) in [6, 6.07) is 12.0. The molecule has 0 saturated heterocycles. The maximum Gasteiger partial charge on any atom is 0.341 e. The molecule has 0 fully saturated rings. The number of rotatable bonds is 9. The maximum absolute atomic E-state index is 12.1. The van der Waals surface area contributed by atoms with Crippen LogP contribution in [0.4, 0.5) is 5.69 Å². The van der Waals surface area contributed by atoms with E-state index in [0.717, 1.165) is 5.56 Å². The van der Waals surface area contributed by atoms with Crippen molar-refractivity contribution in [2.45, 2.75) is 13.8 Å². The number of nitrogens with one attached hydrogen (secondary N) is 1. The number of ether oxygens (including phenoxy) is 3. The number of carboxylic acids is 1. The number of aryl methyl sites for hydroxylation is 1. The summed E-state index contributed by atoms with van der Waals surface area (Å²) in [6.45, 7) is 3.58. The van der Waals surface area contributed by atoms with Crippen molar-refractivity contribution in [1.29, 1.82) is 0 Å². The molecule has 26 heavy (non-hydrogen) atoms. The molecule has 0 heterocycles. The summed E-state index contributed by atoms with van der Waals surface area (Å²) >= 11 is 0. The van der Waals surface area contributed by atoms with Gasteiger partial charge in [0.05, 0.1) is 6.61 Å². The SMILES string of the molecule is CCOc1ccccc1OCC(=O)Nc1ccc(OCC(=O)O)cc1C. The third kappa shape index (κ3) is 5.70. The zero-order valence-corrected chi connectivity index (χ0v) is 14.7. The molecule has 0 spiro atoms. The highest BCUT2D eigenvalue weighted by Crippen LogP contribution is 2.26. The Balaban J connectivity index is 1.92. The number of benzene rings is 2. The lowest BCUT2D eigenvalue weighted by Gasteiger charge is -2.13. The fourth-order valence-electron chi connectivity index (χ4n) is 2.19. The van der Waals surface area contributed by atoms with Crippen molar-refractivity contribution >= 4 is 17.6 Å². The first kappa shape index (κ1) is 19.1. The summed E-state index contributed by atoms with van der Waals surface area (Å²) in [6.07, 6.45) is 0. The van der Waals surface area contributed by atoms with E-state index in [4.69, 9.17) is 19.3 Å². The van der Waals surface area contributed by atoms with Crippen LogP contribution in [0.3, 0.4) is 0 Å². The van der Waals surface area contributed by atoms with Crippen LogP contribution in [-0.2, 0) is 9.59 Å². The van der Waals surface area contributed by atoms with Gasteiger partial charge in [-0.3, -0.25) is 4.79 Å². The molecular formula is C19H21NO6. The van der Waals surface area contributed by atoms with Gasteiger partial charge >= 0.3 is 5.97 Å². The van der Waals surface area contributed by atoms with Crippen molar-refractivity contribution in [3.05, 3.63) is 48.0 Å². The predicted octanol–water partition coefficient (Wildman–Crippen LogP) is 2.87. The number of anilines is 1. The number of hydrogen-bond donors (Lipinski definition) is 2. The number of amides is 1. The second kappa shape index (κ2) is 9.31.